The summed E-state index contributed by atoms with van der Waals surface area (Å²) in [6, 6.07) is 22.7. The molecule has 0 saturated carbocycles. The van der Waals surface area contributed by atoms with Crippen LogP contribution in [0, 0.1) is 5.92 Å². The number of fused-ring (bicyclic) bond motifs is 2. The molecular weight excluding hydrogens is 577 g/mol. The molecule has 1 aliphatic heterocycles. The number of aromatic amines is 1. The molecule has 2 aromatic heterocycles. The Morgan fingerprint density at radius 2 is 1.86 bits per heavy atom. The van der Waals surface area contributed by atoms with Crippen molar-refractivity contribution in [2.45, 2.75) is 56.7 Å². The Balaban J connectivity index is 1.25. The van der Waals surface area contributed by atoms with E-state index < -0.39 is 14.5 Å². The van der Waals surface area contributed by atoms with Crippen LogP contribution >= 0.6 is 0 Å². The molecule has 3 heterocycles. The number of methoxy groups -OCH3 is 1. The van der Waals surface area contributed by atoms with Crippen LogP contribution in [-0.2, 0) is 11.3 Å². The maximum absolute atomic E-state index is 16.1. The number of halogens is 1. The molecule has 9 nitrogen and oxygen atoms in total. The summed E-state index contributed by atoms with van der Waals surface area (Å²) in [6.07, 6.45) is 1.58. The zero-order valence-electron chi connectivity index (χ0n) is 25.4. The van der Waals surface area contributed by atoms with Gasteiger partial charge in [-0.25, -0.2) is 4.68 Å². The maximum Gasteiger partial charge on any atom is 0.279 e. The van der Waals surface area contributed by atoms with Gasteiger partial charge in [0.15, 0.2) is 0 Å². The Labute approximate surface area is 256 Å². The number of aromatic nitrogens is 5. The number of hydrogen-bond donors (Lipinski definition) is 2. The summed E-state index contributed by atoms with van der Waals surface area (Å²) >= 11 is 0. The van der Waals surface area contributed by atoms with Crippen LogP contribution < -0.4 is 10.3 Å². The van der Waals surface area contributed by atoms with E-state index in [1.54, 1.807) is 31.0 Å². The normalized spacial score (nSPS) is 19.8. The topological polar surface area (TPSA) is 107 Å². The fourth-order valence-corrected chi connectivity index (χ4v) is 8.52. The highest BCUT2D eigenvalue weighted by atomic mass is 28.4. The Bertz CT molecular complexity index is 1800. The summed E-state index contributed by atoms with van der Waals surface area (Å²) in [7, 11) is -1.57. The standard InChI is InChI=1S/C33H38FN5O4Si/c1-21-31(42-2)25-18-23(39-33(41)24-12-8-9-13-27(24)36-39)14-15-29(25)43-32(21)30(44(3,4)34)16-17-38-19-28(35-37-38)26(20-40)22-10-6-5-7-11-22/h5-15,18-19,21,26,30-32,36,40H,16-17,20H2,1-4H3/t21-,26?,30?,31-,32-/m0/s1. The number of para-hydroxylation sites is 1. The number of nitrogens with zero attached hydrogens (tertiary/aromatic N) is 4. The van der Waals surface area contributed by atoms with Crippen LogP contribution in [-0.4, -0.2) is 58.1 Å². The zero-order chi connectivity index (χ0) is 31.0. The summed E-state index contributed by atoms with van der Waals surface area (Å²) in [5.74, 6) is 0.198. The largest absolute Gasteiger partial charge is 0.490 e. The van der Waals surface area contributed by atoms with E-state index in [-0.39, 0.29) is 35.6 Å². The number of aliphatic hydroxyl groups excluding tert-OH is 1. The first-order chi connectivity index (χ1) is 21.2. The Kier molecular flexibility index (Phi) is 8.27. The number of H-pyrrole nitrogens is 1. The van der Waals surface area contributed by atoms with E-state index in [4.69, 9.17) is 9.47 Å². The monoisotopic (exact) mass is 615 g/mol. The van der Waals surface area contributed by atoms with E-state index in [2.05, 4.69) is 15.4 Å². The summed E-state index contributed by atoms with van der Waals surface area (Å²) < 4.78 is 31.9. The van der Waals surface area contributed by atoms with Crippen LogP contribution in [0.4, 0.5) is 4.11 Å². The van der Waals surface area contributed by atoms with Crippen molar-refractivity contribution in [1.29, 1.82) is 0 Å². The van der Waals surface area contributed by atoms with Gasteiger partial charge in [0, 0.05) is 36.9 Å². The number of aliphatic hydroxyl groups is 1. The Morgan fingerprint density at radius 1 is 1.11 bits per heavy atom. The molecule has 2 unspecified atom stereocenters. The molecule has 0 saturated heterocycles. The predicted octanol–water partition coefficient (Wildman–Crippen LogP) is 5.75. The van der Waals surface area contributed by atoms with Gasteiger partial charge >= 0.3 is 0 Å². The highest BCUT2D eigenvalue weighted by molar-refractivity contribution is 6.72. The van der Waals surface area contributed by atoms with Gasteiger partial charge in [0.25, 0.3) is 5.56 Å². The molecule has 0 fully saturated rings. The number of benzene rings is 3. The number of nitrogens with one attached hydrogen (secondary N) is 1. The second-order valence-corrected chi connectivity index (χ2v) is 16.0. The number of hydrogen-bond acceptors (Lipinski definition) is 6. The molecule has 11 heteroatoms. The number of rotatable bonds is 10. The second-order valence-electron chi connectivity index (χ2n) is 12.1. The van der Waals surface area contributed by atoms with Gasteiger partial charge in [-0.15, -0.1) is 5.10 Å². The first-order valence-corrected chi connectivity index (χ1v) is 17.9. The van der Waals surface area contributed by atoms with Crippen molar-refractivity contribution >= 4 is 19.3 Å². The van der Waals surface area contributed by atoms with Crippen molar-refractivity contribution in [2.75, 3.05) is 13.7 Å². The summed E-state index contributed by atoms with van der Waals surface area (Å²) in [6.45, 7) is 5.86. The van der Waals surface area contributed by atoms with Crippen molar-refractivity contribution in [3.63, 3.8) is 0 Å². The quantitative estimate of drug-likeness (QED) is 0.153. The molecule has 6 rings (SSSR count). The highest BCUT2D eigenvalue weighted by Gasteiger charge is 2.47. The van der Waals surface area contributed by atoms with Gasteiger partial charge < -0.3 is 18.7 Å². The Morgan fingerprint density at radius 3 is 2.57 bits per heavy atom. The fourth-order valence-electron chi connectivity index (χ4n) is 6.55. The lowest BCUT2D eigenvalue weighted by Gasteiger charge is -2.43. The average Bonchev–Trinajstić information content (AvgIpc) is 3.62. The summed E-state index contributed by atoms with van der Waals surface area (Å²) in [5.41, 5.74) is 3.41. The lowest BCUT2D eigenvalue weighted by Crippen LogP contribution is -2.46. The smallest absolute Gasteiger partial charge is 0.279 e. The minimum Gasteiger partial charge on any atom is -0.490 e. The van der Waals surface area contributed by atoms with Crippen molar-refractivity contribution in [1.82, 2.24) is 24.8 Å². The van der Waals surface area contributed by atoms with E-state index in [1.807, 2.05) is 79.9 Å². The molecule has 0 amide bonds. The zero-order valence-corrected chi connectivity index (χ0v) is 26.4. The minimum absolute atomic E-state index is 0.0857. The average molecular weight is 616 g/mol. The number of aryl methyl sites for hydroxylation is 1. The third kappa shape index (κ3) is 5.62. The molecule has 0 aliphatic carbocycles. The molecule has 0 bridgehead atoms. The molecule has 44 heavy (non-hydrogen) atoms. The molecule has 2 N–H and O–H groups in total. The van der Waals surface area contributed by atoms with Gasteiger partial charge in [-0.2, -0.15) is 0 Å². The van der Waals surface area contributed by atoms with Gasteiger partial charge in [-0.05, 0) is 55.4 Å². The molecule has 5 atom stereocenters. The Hall–Kier alpha value is -4.06. The summed E-state index contributed by atoms with van der Waals surface area (Å²) in [4.78, 5) is 13.1. The number of ether oxygens (including phenoxy) is 2. The van der Waals surface area contributed by atoms with Crippen molar-refractivity contribution in [3.8, 4) is 11.4 Å². The molecule has 5 aromatic rings. The molecule has 0 radical (unpaired) electrons. The van der Waals surface area contributed by atoms with Crippen LogP contribution in [0.2, 0.25) is 18.6 Å². The molecule has 230 valence electrons. The van der Waals surface area contributed by atoms with Crippen LogP contribution in [0.3, 0.4) is 0 Å². The van der Waals surface area contributed by atoms with Crippen molar-refractivity contribution in [2.24, 2.45) is 5.92 Å². The third-order valence-corrected chi connectivity index (χ3v) is 11.3. The van der Waals surface area contributed by atoms with Gasteiger partial charge in [-0.1, -0.05) is 54.6 Å². The van der Waals surface area contributed by atoms with E-state index in [0.29, 0.717) is 35.5 Å². The van der Waals surface area contributed by atoms with E-state index >= 15 is 4.11 Å². The molecule has 1 aliphatic rings. The minimum atomic E-state index is -3.23. The first-order valence-electron chi connectivity index (χ1n) is 15.0. The van der Waals surface area contributed by atoms with Crippen LogP contribution in [0.1, 0.15) is 42.2 Å². The highest BCUT2D eigenvalue weighted by Crippen LogP contribution is 2.47. The van der Waals surface area contributed by atoms with Crippen LogP contribution in [0.25, 0.3) is 16.6 Å². The third-order valence-electron chi connectivity index (χ3n) is 8.91. The fraction of sp³-hybridized carbons (Fsp3) is 0.364. The van der Waals surface area contributed by atoms with Crippen LogP contribution in [0.5, 0.6) is 5.75 Å². The second kappa shape index (κ2) is 12.1. The summed E-state index contributed by atoms with van der Waals surface area (Å²) in [5, 5.41) is 22.5. The van der Waals surface area contributed by atoms with Gasteiger partial charge in [0.05, 0.1) is 40.9 Å². The first kappa shape index (κ1) is 30.0. The lowest BCUT2D eigenvalue weighted by atomic mass is 9.86. The van der Waals surface area contributed by atoms with E-state index in [9.17, 15) is 9.90 Å². The van der Waals surface area contributed by atoms with Gasteiger partial charge in [0.1, 0.15) is 11.9 Å². The van der Waals surface area contributed by atoms with E-state index in [0.717, 1.165) is 16.6 Å². The maximum atomic E-state index is 16.1. The van der Waals surface area contributed by atoms with Crippen molar-refractivity contribution in [3.05, 3.63) is 106 Å². The van der Waals surface area contributed by atoms with E-state index in [1.165, 1.54) is 4.68 Å². The molecular formula is C33H38FN5O4Si. The van der Waals surface area contributed by atoms with Gasteiger partial charge in [-0.3, -0.25) is 14.6 Å². The van der Waals surface area contributed by atoms with Crippen LogP contribution in [0.15, 0.2) is 83.8 Å². The van der Waals surface area contributed by atoms with Crippen molar-refractivity contribution < 1.29 is 18.7 Å². The van der Waals surface area contributed by atoms with Gasteiger partial charge in [0.2, 0.25) is 8.41 Å². The SMILES string of the molecule is CO[C@@H]1c2cc(-n3[nH]c4ccccc4c3=O)ccc2O[C@H](C(CCn2cc(C(CO)c3ccccc3)nn2)[Si](C)(C)F)[C@H]1C. The molecule has 0 spiro atoms. The molecule has 3 aromatic carbocycles. The lowest BCUT2D eigenvalue weighted by molar-refractivity contribution is -0.0242. The predicted molar refractivity (Wildman–Crippen MR) is 170 cm³/mol.